The van der Waals surface area contributed by atoms with Crippen molar-refractivity contribution in [2.24, 2.45) is 5.73 Å². The van der Waals surface area contributed by atoms with Crippen molar-refractivity contribution in [3.63, 3.8) is 0 Å². The SMILES string of the molecule is CCSc1ncc(C(N)=O)c(=O)[nH]1. The van der Waals surface area contributed by atoms with Crippen molar-refractivity contribution in [3.05, 3.63) is 22.1 Å². The van der Waals surface area contributed by atoms with E-state index in [0.717, 1.165) is 5.75 Å². The molecule has 0 spiro atoms. The Morgan fingerprint density at radius 1 is 1.77 bits per heavy atom. The Morgan fingerprint density at radius 2 is 2.46 bits per heavy atom. The number of thioether (sulfide) groups is 1. The summed E-state index contributed by atoms with van der Waals surface area (Å²) in [6.45, 7) is 1.94. The summed E-state index contributed by atoms with van der Waals surface area (Å²) in [5, 5.41) is 0.498. The van der Waals surface area contributed by atoms with E-state index in [1.165, 1.54) is 18.0 Å². The highest BCUT2D eigenvalue weighted by Crippen LogP contribution is 2.08. The third-order valence-electron chi connectivity index (χ3n) is 1.32. The Morgan fingerprint density at radius 3 is 2.92 bits per heavy atom. The van der Waals surface area contributed by atoms with Gasteiger partial charge in [-0.1, -0.05) is 18.7 Å². The van der Waals surface area contributed by atoms with E-state index in [-0.39, 0.29) is 5.56 Å². The molecular formula is C7H9N3O2S. The first-order valence-corrected chi connectivity index (χ1v) is 4.65. The van der Waals surface area contributed by atoms with Gasteiger partial charge in [-0.3, -0.25) is 9.59 Å². The van der Waals surface area contributed by atoms with Gasteiger partial charge in [-0.25, -0.2) is 4.98 Å². The van der Waals surface area contributed by atoms with Crippen LogP contribution in [0.3, 0.4) is 0 Å². The molecule has 1 amide bonds. The number of nitrogens with zero attached hydrogens (tertiary/aromatic N) is 1. The summed E-state index contributed by atoms with van der Waals surface area (Å²) in [6, 6.07) is 0. The largest absolute Gasteiger partial charge is 0.365 e. The lowest BCUT2D eigenvalue weighted by Gasteiger charge is -1.97. The first kappa shape index (κ1) is 9.79. The Labute approximate surface area is 78.8 Å². The Bertz CT molecular complexity index is 374. The standard InChI is InChI=1S/C7H9N3O2S/c1-2-13-7-9-3-4(5(8)11)6(12)10-7/h3H,2H2,1H3,(H2,8,11)(H,9,10,12). The normalized spacial score (nSPS) is 9.92. The minimum atomic E-state index is -0.762. The van der Waals surface area contributed by atoms with Crippen molar-refractivity contribution in [1.82, 2.24) is 9.97 Å². The van der Waals surface area contributed by atoms with Crippen LogP contribution in [0.2, 0.25) is 0 Å². The van der Waals surface area contributed by atoms with Gasteiger partial charge in [0.1, 0.15) is 5.56 Å². The Kier molecular flexibility index (Phi) is 3.07. The van der Waals surface area contributed by atoms with Gasteiger partial charge in [-0.15, -0.1) is 0 Å². The van der Waals surface area contributed by atoms with Gasteiger partial charge >= 0.3 is 0 Å². The summed E-state index contributed by atoms with van der Waals surface area (Å²) in [5.74, 6) is 0.0422. The molecule has 0 saturated carbocycles. The first-order valence-electron chi connectivity index (χ1n) is 3.67. The fourth-order valence-corrected chi connectivity index (χ4v) is 1.33. The summed E-state index contributed by atoms with van der Waals surface area (Å²) in [5.41, 5.74) is 4.33. The molecule has 0 fully saturated rings. The number of hydrogen-bond donors (Lipinski definition) is 2. The molecule has 70 valence electrons. The summed E-state index contributed by atoms with van der Waals surface area (Å²) in [7, 11) is 0. The smallest absolute Gasteiger partial charge is 0.264 e. The Balaban J connectivity index is 3.06. The van der Waals surface area contributed by atoms with Crippen LogP contribution in [0, 0.1) is 0 Å². The van der Waals surface area contributed by atoms with Crippen molar-refractivity contribution < 1.29 is 4.79 Å². The van der Waals surface area contributed by atoms with E-state index >= 15 is 0 Å². The molecule has 1 aromatic heterocycles. The minimum Gasteiger partial charge on any atom is -0.365 e. The van der Waals surface area contributed by atoms with Gasteiger partial charge in [-0.05, 0) is 5.75 Å². The van der Waals surface area contributed by atoms with Crippen molar-refractivity contribution in [2.75, 3.05) is 5.75 Å². The summed E-state index contributed by atoms with van der Waals surface area (Å²) >= 11 is 1.39. The van der Waals surface area contributed by atoms with Crippen LogP contribution >= 0.6 is 11.8 Å². The van der Waals surface area contributed by atoms with E-state index in [9.17, 15) is 9.59 Å². The van der Waals surface area contributed by atoms with Crippen molar-refractivity contribution in [3.8, 4) is 0 Å². The van der Waals surface area contributed by atoms with Crippen LogP contribution in [-0.4, -0.2) is 21.6 Å². The predicted molar refractivity (Wildman–Crippen MR) is 49.8 cm³/mol. The number of aromatic nitrogens is 2. The molecule has 0 aliphatic heterocycles. The minimum absolute atomic E-state index is 0.111. The van der Waals surface area contributed by atoms with Gasteiger partial charge in [0, 0.05) is 6.20 Å². The molecule has 0 aliphatic rings. The molecule has 0 radical (unpaired) electrons. The molecule has 0 unspecified atom stereocenters. The van der Waals surface area contributed by atoms with Gasteiger partial charge < -0.3 is 10.7 Å². The number of nitrogens with two attached hydrogens (primary N) is 1. The van der Waals surface area contributed by atoms with Gasteiger partial charge in [0.15, 0.2) is 5.16 Å². The summed E-state index contributed by atoms with van der Waals surface area (Å²) in [4.78, 5) is 28.1. The molecule has 0 aromatic carbocycles. The van der Waals surface area contributed by atoms with Gasteiger partial charge in [-0.2, -0.15) is 0 Å². The average molecular weight is 199 g/mol. The predicted octanol–water partition coefficient (Wildman–Crippen LogP) is -0.0192. The third-order valence-corrected chi connectivity index (χ3v) is 2.09. The van der Waals surface area contributed by atoms with Crippen molar-refractivity contribution >= 4 is 17.7 Å². The molecule has 0 saturated heterocycles. The van der Waals surface area contributed by atoms with Crippen LogP contribution in [0.1, 0.15) is 17.3 Å². The van der Waals surface area contributed by atoms with E-state index < -0.39 is 11.5 Å². The van der Waals surface area contributed by atoms with Gasteiger partial charge in [0.2, 0.25) is 0 Å². The van der Waals surface area contributed by atoms with E-state index in [0.29, 0.717) is 5.16 Å². The van der Waals surface area contributed by atoms with Gasteiger partial charge in [0.05, 0.1) is 0 Å². The third kappa shape index (κ3) is 2.32. The maximum Gasteiger partial charge on any atom is 0.264 e. The molecule has 0 aliphatic carbocycles. The highest BCUT2D eigenvalue weighted by molar-refractivity contribution is 7.99. The quantitative estimate of drug-likeness (QED) is 0.529. The average Bonchev–Trinajstić information content (AvgIpc) is 2.04. The van der Waals surface area contributed by atoms with Crippen molar-refractivity contribution in [1.29, 1.82) is 0 Å². The number of nitrogens with one attached hydrogen (secondary N) is 1. The van der Waals surface area contributed by atoms with Crippen LogP contribution < -0.4 is 11.3 Å². The molecule has 0 bridgehead atoms. The zero-order valence-corrected chi connectivity index (χ0v) is 7.85. The molecule has 1 rings (SSSR count). The molecule has 6 heteroatoms. The second-order valence-corrected chi connectivity index (χ2v) is 3.48. The molecule has 5 nitrogen and oxygen atoms in total. The van der Waals surface area contributed by atoms with Crippen LogP contribution in [0.5, 0.6) is 0 Å². The highest BCUT2D eigenvalue weighted by Gasteiger charge is 2.07. The molecular weight excluding hydrogens is 190 g/mol. The number of amides is 1. The number of H-pyrrole nitrogens is 1. The van der Waals surface area contributed by atoms with Crippen LogP contribution in [0.25, 0.3) is 0 Å². The first-order chi connectivity index (χ1) is 6.15. The fourth-order valence-electron chi connectivity index (χ4n) is 0.764. The number of primary amides is 1. The van der Waals surface area contributed by atoms with Gasteiger partial charge in [0.25, 0.3) is 11.5 Å². The molecule has 3 N–H and O–H groups in total. The lowest BCUT2D eigenvalue weighted by atomic mass is 10.3. The fraction of sp³-hybridized carbons (Fsp3) is 0.286. The Hall–Kier alpha value is -1.30. The second kappa shape index (κ2) is 4.08. The molecule has 13 heavy (non-hydrogen) atoms. The number of carbonyl (C=O) groups is 1. The summed E-state index contributed by atoms with van der Waals surface area (Å²) in [6.07, 6.45) is 1.19. The lowest BCUT2D eigenvalue weighted by molar-refractivity contribution is 0.0998. The zero-order valence-electron chi connectivity index (χ0n) is 7.03. The molecule has 0 atom stereocenters. The second-order valence-electron chi connectivity index (χ2n) is 2.23. The number of carbonyl (C=O) groups excluding carboxylic acids is 1. The van der Waals surface area contributed by atoms with E-state index in [1.54, 1.807) is 0 Å². The highest BCUT2D eigenvalue weighted by atomic mass is 32.2. The van der Waals surface area contributed by atoms with E-state index in [1.807, 2.05) is 6.92 Å². The van der Waals surface area contributed by atoms with Crippen molar-refractivity contribution in [2.45, 2.75) is 12.1 Å². The summed E-state index contributed by atoms with van der Waals surface area (Å²) < 4.78 is 0. The van der Waals surface area contributed by atoms with E-state index in [2.05, 4.69) is 9.97 Å². The number of hydrogen-bond acceptors (Lipinski definition) is 4. The number of aromatic amines is 1. The maximum atomic E-state index is 11.1. The van der Waals surface area contributed by atoms with Crippen LogP contribution in [0.4, 0.5) is 0 Å². The van der Waals surface area contributed by atoms with E-state index in [4.69, 9.17) is 5.73 Å². The molecule has 1 aromatic rings. The number of rotatable bonds is 3. The van der Waals surface area contributed by atoms with Crippen LogP contribution in [0.15, 0.2) is 16.1 Å². The molecule has 1 heterocycles. The lowest BCUT2D eigenvalue weighted by Crippen LogP contribution is -2.24. The zero-order chi connectivity index (χ0) is 9.84. The maximum absolute atomic E-state index is 11.1. The topological polar surface area (TPSA) is 88.8 Å². The monoisotopic (exact) mass is 199 g/mol. The van der Waals surface area contributed by atoms with Crippen LogP contribution in [-0.2, 0) is 0 Å².